The van der Waals surface area contributed by atoms with Gasteiger partial charge in [0.1, 0.15) is 0 Å². The van der Waals surface area contributed by atoms with Crippen LogP contribution < -0.4 is 5.32 Å². The third-order valence-corrected chi connectivity index (χ3v) is 3.74. The van der Waals surface area contributed by atoms with Gasteiger partial charge >= 0.3 is 12.0 Å². The fourth-order valence-electron chi connectivity index (χ4n) is 2.55. The van der Waals surface area contributed by atoms with Crippen LogP contribution >= 0.6 is 0 Å². The average Bonchev–Trinajstić information content (AvgIpc) is 2.39. The number of nitrogens with one attached hydrogen (secondary N) is 1. The lowest BCUT2D eigenvalue weighted by atomic mass is 9.97. The van der Waals surface area contributed by atoms with Gasteiger partial charge in [0.2, 0.25) is 0 Å². The van der Waals surface area contributed by atoms with Crippen LogP contribution in [0.1, 0.15) is 12.8 Å². The molecule has 2 heterocycles. The van der Waals surface area contributed by atoms with Crippen molar-refractivity contribution in [2.24, 2.45) is 5.92 Å². The van der Waals surface area contributed by atoms with E-state index in [0.717, 1.165) is 39.3 Å². The van der Waals surface area contributed by atoms with E-state index in [1.54, 1.807) is 4.90 Å². The normalized spacial score (nSPS) is 20.5. The number of carboxylic acid groups (broad SMARTS) is 1. The van der Waals surface area contributed by atoms with Crippen LogP contribution in [0.15, 0.2) is 0 Å². The number of aliphatic carboxylic acids is 1. The van der Waals surface area contributed by atoms with Gasteiger partial charge in [0, 0.05) is 38.6 Å². The number of amides is 2. The number of hydrogen-bond acceptors (Lipinski definition) is 4. The summed E-state index contributed by atoms with van der Waals surface area (Å²) in [5.74, 6) is -0.674. The number of rotatable bonds is 6. The van der Waals surface area contributed by atoms with Gasteiger partial charge in [-0.3, -0.25) is 9.69 Å². The van der Waals surface area contributed by atoms with Crippen molar-refractivity contribution in [1.82, 2.24) is 15.1 Å². The van der Waals surface area contributed by atoms with Gasteiger partial charge in [-0.1, -0.05) is 0 Å². The first-order chi connectivity index (χ1) is 9.65. The molecule has 0 saturated carbocycles. The number of carboxylic acids is 1. The summed E-state index contributed by atoms with van der Waals surface area (Å²) >= 11 is 0. The molecule has 2 N–H and O–H groups in total. The molecule has 0 aromatic rings. The maximum atomic E-state index is 11.7. The van der Waals surface area contributed by atoms with E-state index < -0.39 is 5.97 Å². The monoisotopic (exact) mass is 285 g/mol. The first-order valence-corrected chi connectivity index (χ1v) is 7.20. The van der Waals surface area contributed by atoms with Crippen LogP contribution in [-0.4, -0.2) is 79.4 Å². The fraction of sp³-hybridized carbons (Fsp3) is 0.846. The maximum Gasteiger partial charge on any atom is 0.317 e. The molecule has 0 atom stereocenters. The van der Waals surface area contributed by atoms with E-state index in [4.69, 9.17) is 9.84 Å². The van der Waals surface area contributed by atoms with Crippen molar-refractivity contribution in [2.45, 2.75) is 12.8 Å². The number of likely N-dealkylation sites (tertiary alicyclic amines) is 1. The van der Waals surface area contributed by atoms with Gasteiger partial charge in [0.25, 0.3) is 0 Å². The molecule has 2 fully saturated rings. The van der Waals surface area contributed by atoms with E-state index in [2.05, 4.69) is 10.2 Å². The predicted molar refractivity (Wildman–Crippen MR) is 72.6 cm³/mol. The van der Waals surface area contributed by atoms with E-state index in [1.807, 2.05) is 0 Å². The molecule has 114 valence electrons. The van der Waals surface area contributed by atoms with Crippen molar-refractivity contribution >= 4 is 12.0 Å². The van der Waals surface area contributed by atoms with Gasteiger partial charge in [-0.25, -0.2) is 4.79 Å². The van der Waals surface area contributed by atoms with Crippen LogP contribution in [0, 0.1) is 5.92 Å². The van der Waals surface area contributed by atoms with Crippen LogP contribution in [0.25, 0.3) is 0 Å². The fourth-order valence-corrected chi connectivity index (χ4v) is 2.55. The van der Waals surface area contributed by atoms with Crippen molar-refractivity contribution in [3.63, 3.8) is 0 Å². The lowest BCUT2D eigenvalue weighted by Crippen LogP contribution is -2.54. The SMILES string of the molecule is O=C(O)CC1CN(C(=O)NCCCN2CCOCC2)C1. The number of carbonyl (C=O) groups is 2. The Labute approximate surface area is 118 Å². The summed E-state index contributed by atoms with van der Waals surface area (Å²) in [6, 6.07) is -0.0754. The van der Waals surface area contributed by atoms with E-state index in [0.29, 0.717) is 19.6 Å². The zero-order valence-electron chi connectivity index (χ0n) is 11.7. The van der Waals surface area contributed by atoms with Crippen LogP contribution in [0.3, 0.4) is 0 Å². The Bertz CT molecular complexity index is 339. The van der Waals surface area contributed by atoms with Crippen LogP contribution in [-0.2, 0) is 9.53 Å². The summed E-state index contributed by atoms with van der Waals surface area (Å²) in [7, 11) is 0. The Morgan fingerprint density at radius 2 is 1.95 bits per heavy atom. The summed E-state index contributed by atoms with van der Waals surface area (Å²) in [6.07, 6.45) is 1.08. The molecule has 2 aliphatic heterocycles. The lowest BCUT2D eigenvalue weighted by molar-refractivity contribution is -0.139. The third kappa shape index (κ3) is 4.64. The van der Waals surface area contributed by atoms with Crippen LogP contribution in [0.4, 0.5) is 4.79 Å². The largest absolute Gasteiger partial charge is 0.481 e. The molecular weight excluding hydrogens is 262 g/mol. The second-order valence-corrected chi connectivity index (χ2v) is 5.41. The first-order valence-electron chi connectivity index (χ1n) is 7.20. The molecule has 0 unspecified atom stereocenters. The van der Waals surface area contributed by atoms with Gasteiger partial charge in [-0.05, 0) is 13.0 Å². The van der Waals surface area contributed by atoms with Crippen molar-refractivity contribution in [1.29, 1.82) is 0 Å². The summed E-state index contributed by atoms with van der Waals surface area (Å²) in [5, 5.41) is 11.5. The number of urea groups is 1. The van der Waals surface area contributed by atoms with Gasteiger partial charge in [0.15, 0.2) is 0 Å². The van der Waals surface area contributed by atoms with Gasteiger partial charge in [-0.2, -0.15) is 0 Å². The molecule has 2 aliphatic rings. The summed E-state index contributed by atoms with van der Waals surface area (Å²) in [6.45, 7) is 6.29. The predicted octanol–water partition coefficient (Wildman–Crippen LogP) is -0.175. The summed E-state index contributed by atoms with van der Waals surface area (Å²) < 4.78 is 5.28. The third-order valence-electron chi connectivity index (χ3n) is 3.74. The molecule has 20 heavy (non-hydrogen) atoms. The zero-order chi connectivity index (χ0) is 14.4. The number of nitrogens with zero attached hydrogens (tertiary/aromatic N) is 2. The highest BCUT2D eigenvalue weighted by Crippen LogP contribution is 2.18. The molecule has 7 heteroatoms. The minimum atomic E-state index is -0.791. The number of carbonyl (C=O) groups excluding carboxylic acids is 1. The van der Waals surface area contributed by atoms with Crippen molar-refractivity contribution in [3.05, 3.63) is 0 Å². The van der Waals surface area contributed by atoms with Crippen molar-refractivity contribution in [2.75, 3.05) is 52.5 Å². The van der Waals surface area contributed by atoms with Crippen molar-refractivity contribution in [3.8, 4) is 0 Å². The molecule has 0 aliphatic carbocycles. The Morgan fingerprint density at radius 1 is 1.25 bits per heavy atom. The molecule has 0 radical (unpaired) electrons. The standard InChI is InChI=1S/C13H23N3O4/c17-12(18)8-11-9-16(10-11)13(19)14-2-1-3-15-4-6-20-7-5-15/h11H,1-10H2,(H,14,19)(H,17,18). The quantitative estimate of drug-likeness (QED) is 0.662. The van der Waals surface area contributed by atoms with Crippen LogP contribution in [0.5, 0.6) is 0 Å². The lowest BCUT2D eigenvalue weighted by Gasteiger charge is -2.38. The number of morpholine rings is 1. The average molecular weight is 285 g/mol. The molecule has 0 aromatic heterocycles. The summed E-state index contributed by atoms with van der Waals surface area (Å²) in [4.78, 5) is 26.3. The highest BCUT2D eigenvalue weighted by Gasteiger charge is 2.31. The second-order valence-electron chi connectivity index (χ2n) is 5.41. The Kier molecular flexibility index (Phi) is 5.60. The molecule has 7 nitrogen and oxygen atoms in total. The Morgan fingerprint density at radius 3 is 2.60 bits per heavy atom. The Hall–Kier alpha value is -1.34. The van der Waals surface area contributed by atoms with E-state index in [9.17, 15) is 9.59 Å². The van der Waals surface area contributed by atoms with Gasteiger partial charge < -0.3 is 20.1 Å². The highest BCUT2D eigenvalue weighted by molar-refractivity contribution is 5.75. The highest BCUT2D eigenvalue weighted by atomic mass is 16.5. The maximum absolute atomic E-state index is 11.7. The molecule has 2 rings (SSSR count). The smallest absolute Gasteiger partial charge is 0.317 e. The molecule has 2 amide bonds. The first kappa shape index (κ1) is 15.1. The van der Waals surface area contributed by atoms with Crippen LogP contribution in [0.2, 0.25) is 0 Å². The topological polar surface area (TPSA) is 82.1 Å². The van der Waals surface area contributed by atoms with E-state index in [-0.39, 0.29) is 18.4 Å². The molecule has 0 aromatic carbocycles. The van der Waals surface area contributed by atoms with E-state index in [1.165, 1.54) is 0 Å². The molecule has 0 spiro atoms. The minimum Gasteiger partial charge on any atom is -0.481 e. The van der Waals surface area contributed by atoms with Gasteiger partial charge in [0.05, 0.1) is 19.6 Å². The van der Waals surface area contributed by atoms with Crippen molar-refractivity contribution < 1.29 is 19.4 Å². The molecular formula is C13H23N3O4. The molecule has 0 bridgehead atoms. The molecule has 2 saturated heterocycles. The summed E-state index contributed by atoms with van der Waals surface area (Å²) in [5.41, 5.74) is 0. The number of ether oxygens (including phenoxy) is 1. The minimum absolute atomic E-state index is 0.0754. The second kappa shape index (κ2) is 7.44. The van der Waals surface area contributed by atoms with E-state index >= 15 is 0 Å². The number of hydrogen-bond donors (Lipinski definition) is 2. The van der Waals surface area contributed by atoms with Gasteiger partial charge in [-0.15, -0.1) is 0 Å². The zero-order valence-corrected chi connectivity index (χ0v) is 11.7. The Balaban J connectivity index is 1.49.